The number of halogens is 1. The lowest BCUT2D eigenvalue weighted by molar-refractivity contribution is -0.122. The Balaban J connectivity index is 0.00000312. The maximum absolute atomic E-state index is 12.3. The number of amides is 1. The fourth-order valence-corrected chi connectivity index (χ4v) is 2.35. The average Bonchev–Trinajstić information content (AvgIpc) is 2.65. The van der Waals surface area contributed by atoms with Gasteiger partial charge in [-0.25, -0.2) is 0 Å². The second kappa shape index (κ2) is 9.76. The zero-order valence-electron chi connectivity index (χ0n) is 14.4. The van der Waals surface area contributed by atoms with Crippen LogP contribution in [0.3, 0.4) is 0 Å². The first-order valence-corrected chi connectivity index (χ1v) is 7.47. The molecule has 0 aromatic heterocycles. The lowest BCUT2D eigenvalue weighted by Gasteiger charge is -2.17. The number of ether oxygens (including phenoxy) is 3. The van der Waals surface area contributed by atoms with Gasteiger partial charge in [-0.05, 0) is 5.56 Å². The van der Waals surface area contributed by atoms with Crippen LogP contribution in [0.5, 0.6) is 17.2 Å². The summed E-state index contributed by atoms with van der Waals surface area (Å²) in [7, 11) is 4.67. The third kappa shape index (κ3) is 5.01. The van der Waals surface area contributed by atoms with Crippen LogP contribution in [0, 0.1) is 0 Å². The van der Waals surface area contributed by atoms with Crippen molar-refractivity contribution >= 4 is 18.3 Å². The maximum atomic E-state index is 12.3. The highest BCUT2D eigenvalue weighted by Gasteiger charge is 2.18. The molecule has 1 amide bonds. The molecule has 3 N–H and O–H groups in total. The van der Waals surface area contributed by atoms with Crippen molar-refractivity contribution in [2.45, 2.75) is 12.6 Å². The van der Waals surface area contributed by atoms with Crippen molar-refractivity contribution < 1.29 is 19.0 Å². The highest BCUT2D eigenvalue weighted by molar-refractivity contribution is 5.85. The summed E-state index contributed by atoms with van der Waals surface area (Å²) < 4.78 is 15.9. The van der Waals surface area contributed by atoms with Crippen LogP contribution < -0.4 is 25.3 Å². The largest absolute Gasteiger partial charge is 0.496 e. The number of methoxy groups -OCH3 is 3. The average molecular weight is 367 g/mol. The van der Waals surface area contributed by atoms with E-state index in [9.17, 15) is 4.79 Å². The summed E-state index contributed by atoms with van der Waals surface area (Å²) in [5.74, 6) is 1.47. The number of nitrogens with one attached hydrogen (secondary N) is 1. The van der Waals surface area contributed by atoms with Crippen LogP contribution in [0.2, 0.25) is 0 Å². The zero-order valence-corrected chi connectivity index (χ0v) is 15.3. The first-order valence-electron chi connectivity index (χ1n) is 7.47. The molecular formula is C18H23ClN2O4. The Labute approximate surface area is 153 Å². The predicted molar refractivity (Wildman–Crippen MR) is 98.6 cm³/mol. The molecule has 25 heavy (non-hydrogen) atoms. The van der Waals surface area contributed by atoms with Crippen LogP contribution in [0.1, 0.15) is 17.2 Å². The van der Waals surface area contributed by atoms with Gasteiger partial charge in [-0.2, -0.15) is 0 Å². The van der Waals surface area contributed by atoms with Gasteiger partial charge in [-0.3, -0.25) is 4.79 Å². The molecule has 136 valence electrons. The third-order valence-corrected chi connectivity index (χ3v) is 3.70. The summed E-state index contributed by atoms with van der Waals surface area (Å²) in [6.45, 7) is 0.232. The van der Waals surface area contributed by atoms with Crippen molar-refractivity contribution in [2.75, 3.05) is 21.3 Å². The number of hydrogen-bond donors (Lipinski definition) is 2. The molecule has 1 atom stereocenters. The molecular weight excluding hydrogens is 344 g/mol. The van der Waals surface area contributed by atoms with Crippen LogP contribution in [-0.2, 0) is 11.3 Å². The van der Waals surface area contributed by atoms with Gasteiger partial charge in [-0.15, -0.1) is 12.4 Å². The fraction of sp³-hybridized carbons (Fsp3) is 0.278. The zero-order chi connectivity index (χ0) is 17.5. The van der Waals surface area contributed by atoms with Crippen LogP contribution in [0.4, 0.5) is 0 Å². The Morgan fingerprint density at radius 3 is 2.08 bits per heavy atom. The van der Waals surface area contributed by atoms with E-state index in [-0.39, 0.29) is 24.9 Å². The molecule has 0 heterocycles. The molecule has 2 aromatic rings. The SMILES string of the molecule is COc1cc(OC)c(CNC(=O)C(N)c2ccccc2)c(OC)c1.Cl. The molecule has 0 bridgehead atoms. The molecule has 6 nitrogen and oxygen atoms in total. The van der Waals surface area contributed by atoms with Crippen LogP contribution in [0.25, 0.3) is 0 Å². The van der Waals surface area contributed by atoms with E-state index in [4.69, 9.17) is 19.9 Å². The first-order chi connectivity index (χ1) is 11.6. The molecule has 0 saturated carbocycles. The Hall–Kier alpha value is -2.44. The molecule has 1 unspecified atom stereocenters. The van der Waals surface area contributed by atoms with Gasteiger partial charge in [0.25, 0.3) is 0 Å². The number of carbonyl (C=O) groups is 1. The summed E-state index contributed by atoms with van der Waals surface area (Å²) in [5.41, 5.74) is 7.47. The van der Waals surface area contributed by atoms with Crippen molar-refractivity contribution in [2.24, 2.45) is 5.73 Å². The lowest BCUT2D eigenvalue weighted by Crippen LogP contribution is -2.33. The summed E-state index contributed by atoms with van der Waals surface area (Å²) in [6.07, 6.45) is 0. The molecule has 0 aliphatic rings. The standard InChI is InChI=1S/C18H22N2O4.ClH/c1-22-13-9-15(23-2)14(16(10-13)24-3)11-20-18(21)17(19)12-7-5-4-6-8-12;/h4-10,17H,11,19H2,1-3H3,(H,20,21);1H. The van der Waals surface area contributed by atoms with Crippen molar-refractivity contribution in [3.05, 3.63) is 53.6 Å². The third-order valence-electron chi connectivity index (χ3n) is 3.70. The van der Waals surface area contributed by atoms with Crippen LogP contribution in [0.15, 0.2) is 42.5 Å². The molecule has 2 rings (SSSR count). The van der Waals surface area contributed by atoms with Gasteiger partial charge in [0.05, 0.1) is 33.4 Å². The smallest absolute Gasteiger partial charge is 0.241 e. The van der Waals surface area contributed by atoms with E-state index in [2.05, 4.69) is 5.32 Å². The fourth-order valence-electron chi connectivity index (χ4n) is 2.35. The van der Waals surface area contributed by atoms with Gasteiger partial charge in [0.2, 0.25) is 5.91 Å². The lowest BCUT2D eigenvalue weighted by atomic mass is 10.1. The second-order valence-corrected chi connectivity index (χ2v) is 5.12. The Kier molecular flexibility index (Phi) is 8.04. The predicted octanol–water partition coefficient (Wildman–Crippen LogP) is 2.45. The number of nitrogens with two attached hydrogens (primary N) is 1. The van der Waals surface area contributed by atoms with E-state index in [0.29, 0.717) is 17.2 Å². The minimum absolute atomic E-state index is 0. The van der Waals surface area contributed by atoms with Gasteiger partial charge in [0, 0.05) is 12.1 Å². The van der Waals surface area contributed by atoms with Crippen molar-refractivity contribution in [3.8, 4) is 17.2 Å². The highest BCUT2D eigenvalue weighted by Crippen LogP contribution is 2.33. The number of benzene rings is 2. The molecule has 0 spiro atoms. The number of hydrogen-bond acceptors (Lipinski definition) is 5. The first kappa shape index (κ1) is 20.6. The van der Waals surface area contributed by atoms with Crippen molar-refractivity contribution in [1.82, 2.24) is 5.32 Å². The van der Waals surface area contributed by atoms with E-state index >= 15 is 0 Å². The van der Waals surface area contributed by atoms with Gasteiger partial charge < -0.3 is 25.3 Å². The summed E-state index contributed by atoms with van der Waals surface area (Å²) in [4.78, 5) is 12.3. The van der Waals surface area contributed by atoms with E-state index in [0.717, 1.165) is 11.1 Å². The van der Waals surface area contributed by atoms with E-state index in [1.807, 2.05) is 30.3 Å². The Bertz CT molecular complexity index is 670. The van der Waals surface area contributed by atoms with Gasteiger partial charge in [0.15, 0.2) is 0 Å². The van der Waals surface area contributed by atoms with Gasteiger partial charge in [-0.1, -0.05) is 30.3 Å². The second-order valence-electron chi connectivity index (χ2n) is 5.12. The molecule has 0 saturated heterocycles. The van der Waals surface area contributed by atoms with Gasteiger partial charge in [0.1, 0.15) is 23.3 Å². The highest BCUT2D eigenvalue weighted by atomic mass is 35.5. The molecule has 2 aromatic carbocycles. The van der Waals surface area contributed by atoms with Crippen LogP contribution in [-0.4, -0.2) is 27.2 Å². The minimum atomic E-state index is -0.735. The maximum Gasteiger partial charge on any atom is 0.241 e. The summed E-state index contributed by atoms with van der Waals surface area (Å²) in [6, 6.07) is 11.9. The monoisotopic (exact) mass is 366 g/mol. The minimum Gasteiger partial charge on any atom is -0.496 e. The molecule has 7 heteroatoms. The topological polar surface area (TPSA) is 82.8 Å². The van der Waals surface area contributed by atoms with E-state index < -0.39 is 6.04 Å². The van der Waals surface area contributed by atoms with E-state index in [1.165, 1.54) is 0 Å². The Morgan fingerprint density at radius 1 is 1.04 bits per heavy atom. The molecule has 0 aliphatic carbocycles. The van der Waals surface area contributed by atoms with E-state index in [1.54, 1.807) is 33.5 Å². The molecule has 0 aliphatic heterocycles. The summed E-state index contributed by atoms with van der Waals surface area (Å²) in [5, 5.41) is 2.82. The number of carbonyl (C=O) groups excluding carboxylic acids is 1. The Morgan fingerprint density at radius 2 is 1.60 bits per heavy atom. The van der Waals surface area contributed by atoms with Gasteiger partial charge >= 0.3 is 0 Å². The quantitative estimate of drug-likeness (QED) is 0.786. The molecule has 0 fully saturated rings. The van der Waals surface area contributed by atoms with Crippen LogP contribution >= 0.6 is 12.4 Å². The summed E-state index contributed by atoms with van der Waals surface area (Å²) >= 11 is 0. The van der Waals surface area contributed by atoms with Crippen molar-refractivity contribution in [3.63, 3.8) is 0 Å². The molecule has 0 radical (unpaired) electrons. The van der Waals surface area contributed by atoms with Crippen molar-refractivity contribution in [1.29, 1.82) is 0 Å². The number of rotatable bonds is 7. The normalized spacial score (nSPS) is 11.0.